The highest BCUT2D eigenvalue weighted by molar-refractivity contribution is 5.80. The normalized spacial score (nSPS) is 11.0. The average Bonchev–Trinajstić information content (AvgIpc) is 2.56. The van der Waals surface area contributed by atoms with Gasteiger partial charge in [-0.1, -0.05) is 59.7 Å². The summed E-state index contributed by atoms with van der Waals surface area (Å²) in [6.45, 7) is 8.13. The molecule has 0 saturated heterocycles. The number of nitrogens with one attached hydrogen (secondary N) is 2. The molecule has 124 valence electrons. The second-order valence-corrected chi connectivity index (χ2v) is 5.94. The van der Waals surface area contributed by atoms with E-state index in [9.17, 15) is 0 Å². The van der Waals surface area contributed by atoms with Gasteiger partial charge >= 0.3 is 0 Å². The molecule has 2 aromatic rings. The van der Waals surface area contributed by atoms with E-state index in [4.69, 9.17) is 0 Å². The summed E-state index contributed by atoms with van der Waals surface area (Å²) in [5, 5.41) is 8.52. The van der Waals surface area contributed by atoms with Gasteiger partial charge in [0, 0.05) is 0 Å². The van der Waals surface area contributed by atoms with E-state index in [1.807, 2.05) is 38.1 Å². The molecule has 0 saturated carbocycles. The van der Waals surface area contributed by atoms with Crippen LogP contribution < -0.4 is 10.9 Å². The number of hydrogen-bond acceptors (Lipinski definition) is 4. The maximum absolute atomic E-state index is 4.26. The van der Waals surface area contributed by atoms with E-state index < -0.39 is 0 Å². The average molecular weight is 320 g/mol. The summed E-state index contributed by atoms with van der Waals surface area (Å²) < 4.78 is 0. The standard InChI is InChI=1S/C20H24N4/c1-15(2)20(23-21-13-18-9-5-16(3)6-10-18)24-22-14-19-11-7-17(4)8-12-19/h5-14,23-24H,1-4H3/b21-13+,22-14+. The third-order valence-corrected chi connectivity index (χ3v) is 3.43. The van der Waals surface area contributed by atoms with Crippen LogP contribution in [0.25, 0.3) is 0 Å². The molecule has 2 rings (SSSR count). The zero-order chi connectivity index (χ0) is 17.4. The fraction of sp³-hybridized carbons (Fsp3) is 0.200. The third-order valence-electron chi connectivity index (χ3n) is 3.43. The summed E-state index contributed by atoms with van der Waals surface area (Å²) in [5.41, 5.74) is 11.6. The van der Waals surface area contributed by atoms with E-state index in [0.29, 0.717) is 0 Å². The van der Waals surface area contributed by atoms with Gasteiger partial charge in [0.15, 0.2) is 0 Å². The molecule has 0 bridgehead atoms. The Morgan fingerprint density at radius 1 is 0.708 bits per heavy atom. The number of hydrazone groups is 2. The van der Waals surface area contributed by atoms with Crippen LogP contribution in [0.2, 0.25) is 0 Å². The fourth-order valence-electron chi connectivity index (χ4n) is 1.90. The number of benzene rings is 2. The van der Waals surface area contributed by atoms with Crippen molar-refractivity contribution in [1.82, 2.24) is 10.9 Å². The second kappa shape index (κ2) is 8.67. The Hall–Kier alpha value is -2.88. The molecule has 0 heterocycles. The Morgan fingerprint density at radius 2 is 1.08 bits per heavy atom. The Morgan fingerprint density at radius 3 is 1.42 bits per heavy atom. The Labute approximate surface area is 144 Å². The van der Waals surface area contributed by atoms with Crippen LogP contribution in [-0.4, -0.2) is 12.4 Å². The number of aryl methyl sites for hydroxylation is 2. The first-order chi connectivity index (χ1) is 11.5. The zero-order valence-corrected chi connectivity index (χ0v) is 14.7. The molecule has 4 heteroatoms. The lowest BCUT2D eigenvalue weighted by Crippen LogP contribution is -2.20. The first kappa shape index (κ1) is 17.5. The molecule has 0 amide bonds. The van der Waals surface area contributed by atoms with E-state index >= 15 is 0 Å². The monoisotopic (exact) mass is 320 g/mol. The van der Waals surface area contributed by atoms with Crippen molar-refractivity contribution in [2.75, 3.05) is 0 Å². The molecule has 0 unspecified atom stereocenters. The van der Waals surface area contributed by atoms with Crippen LogP contribution in [-0.2, 0) is 0 Å². The molecule has 0 spiro atoms. The van der Waals surface area contributed by atoms with E-state index in [1.54, 1.807) is 12.4 Å². The maximum Gasteiger partial charge on any atom is 0.138 e. The minimum atomic E-state index is 0.765. The van der Waals surface area contributed by atoms with Gasteiger partial charge in [0.25, 0.3) is 0 Å². The van der Waals surface area contributed by atoms with Gasteiger partial charge in [-0.05, 0) is 44.4 Å². The Balaban J connectivity index is 1.94. The van der Waals surface area contributed by atoms with Crippen molar-refractivity contribution < 1.29 is 0 Å². The van der Waals surface area contributed by atoms with Gasteiger partial charge < -0.3 is 0 Å². The van der Waals surface area contributed by atoms with Gasteiger partial charge in [0.1, 0.15) is 5.82 Å². The fourth-order valence-corrected chi connectivity index (χ4v) is 1.90. The van der Waals surface area contributed by atoms with Gasteiger partial charge in [-0.25, -0.2) is 0 Å². The van der Waals surface area contributed by atoms with Gasteiger partial charge in [-0.2, -0.15) is 10.2 Å². The van der Waals surface area contributed by atoms with Crippen molar-refractivity contribution in [1.29, 1.82) is 0 Å². The molecule has 0 radical (unpaired) electrons. The van der Waals surface area contributed by atoms with Crippen LogP contribution in [0.1, 0.15) is 36.1 Å². The van der Waals surface area contributed by atoms with E-state index in [2.05, 4.69) is 59.2 Å². The number of hydrogen-bond donors (Lipinski definition) is 2. The van der Waals surface area contributed by atoms with Crippen LogP contribution in [0, 0.1) is 13.8 Å². The summed E-state index contributed by atoms with van der Waals surface area (Å²) in [6, 6.07) is 16.4. The second-order valence-electron chi connectivity index (χ2n) is 5.94. The molecule has 0 fully saturated rings. The lowest BCUT2D eigenvalue weighted by Gasteiger charge is -2.08. The molecule has 0 aliphatic carbocycles. The number of rotatable bonds is 6. The minimum Gasteiger partial charge on any atom is -0.262 e. The van der Waals surface area contributed by atoms with Gasteiger partial charge in [-0.3, -0.25) is 10.9 Å². The SMILES string of the molecule is CC(C)=C(N/N=C/c1ccc(C)cc1)N/N=C/c1ccc(C)cc1. The van der Waals surface area contributed by atoms with Crippen molar-refractivity contribution >= 4 is 12.4 Å². The zero-order valence-electron chi connectivity index (χ0n) is 14.7. The predicted octanol–water partition coefficient (Wildman–Crippen LogP) is 4.10. The minimum absolute atomic E-state index is 0.765. The van der Waals surface area contributed by atoms with Crippen LogP contribution in [0.15, 0.2) is 70.1 Å². The van der Waals surface area contributed by atoms with Crippen molar-refractivity contribution in [2.24, 2.45) is 10.2 Å². The van der Waals surface area contributed by atoms with Crippen LogP contribution >= 0.6 is 0 Å². The quantitative estimate of drug-likeness (QED) is 0.622. The molecule has 0 aliphatic rings. The smallest absolute Gasteiger partial charge is 0.138 e. The molecule has 0 atom stereocenters. The highest BCUT2D eigenvalue weighted by Gasteiger charge is 1.95. The summed E-state index contributed by atoms with van der Waals surface area (Å²) >= 11 is 0. The van der Waals surface area contributed by atoms with E-state index in [1.165, 1.54) is 11.1 Å². The molecule has 0 aromatic heterocycles. The molecule has 2 N–H and O–H groups in total. The highest BCUT2D eigenvalue weighted by atomic mass is 15.4. The van der Waals surface area contributed by atoms with Crippen molar-refractivity contribution in [3.8, 4) is 0 Å². The highest BCUT2D eigenvalue weighted by Crippen LogP contribution is 2.02. The van der Waals surface area contributed by atoms with Crippen LogP contribution in [0.4, 0.5) is 0 Å². The summed E-state index contributed by atoms with van der Waals surface area (Å²) in [7, 11) is 0. The Bertz CT molecular complexity index is 675. The number of allylic oxidation sites excluding steroid dienone is 1. The number of nitrogens with zero attached hydrogens (tertiary/aromatic N) is 2. The van der Waals surface area contributed by atoms with Crippen molar-refractivity contribution in [3.63, 3.8) is 0 Å². The molecular formula is C20H24N4. The molecule has 0 aliphatic heterocycles. The maximum atomic E-state index is 4.26. The van der Waals surface area contributed by atoms with Gasteiger partial charge in [0.2, 0.25) is 0 Å². The van der Waals surface area contributed by atoms with E-state index in [-0.39, 0.29) is 0 Å². The summed E-state index contributed by atoms with van der Waals surface area (Å²) in [5.74, 6) is 0.765. The lowest BCUT2D eigenvalue weighted by atomic mass is 10.2. The third kappa shape index (κ3) is 5.72. The van der Waals surface area contributed by atoms with Crippen molar-refractivity contribution in [3.05, 3.63) is 82.2 Å². The van der Waals surface area contributed by atoms with E-state index in [0.717, 1.165) is 22.5 Å². The lowest BCUT2D eigenvalue weighted by molar-refractivity contribution is 0.730. The van der Waals surface area contributed by atoms with Crippen LogP contribution in [0.5, 0.6) is 0 Å². The van der Waals surface area contributed by atoms with Crippen molar-refractivity contribution in [2.45, 2.75) is 27.7 Å². The molecular weight excluding hydrogens is 296 g/mol. The summed E-state index contributed by atoms with van der Waals surface area (Å²) in [6.07, 6.45) is 3.57. The first-order valence-electron chi connectivity index (χ1n) is 7.93. The largest absolute Gasteiger partial charge is 0.262 e. The van der Waals surface area contributed by atoms with Crippen LogP contribution in [0.3, 0.4) is 0 Å². The summed E-state index contributed by atoms with van der Waals surface area (Å²) in [4.78, 5) is 0. The first-order valence-corrected chi connectivity index (χ1v) is 7.93. The molecule has 4 nitrogen and oxygen atoms in total. The predicted molar refractivity (Wildman–Crippen MR) is 102 cm³/mol. The van der Waals surface area contributed by atoms with Gasteiger partial charge in [0.05, 0.1) is 12.4 Å². The molecule has 2 aromatic carbocycles. The Kier molecular flexibility index (Phi) is 6.32. The topological polar surface area (TPSA) is 48.8 Å². The molecule has 24 heavy (non-hydrogen) atoms. The van der Waals surface area contributed by atoms with Gasteiger partial charge in [-0.15, -0.1) is 0 Å².